The van der Waals surface area contributed by atoms with Crippen molar-refractivity contribution in [1.29, 1.82) is 0 Å². The van der Waals surface area contributed by atoms with E-state index in [9.17, 15) is 9.18 Å². The van der Waals surface area contributed by atoms with Crippen LogP contribution in [0.3, 0.4) is 0 Å². The van der Waals surface area contributed by atoms with Gasteiger partial charge in [-0.15, -0.1) is 0 Å². The van der Waals surface area contributed by atoms with Crippen molar-refractivity contribution in [1.82, 2.24) is 9.88 Å². The summed E-state index contributed by atoms with van der Waals surface area (Å²) in [5, 5.41) is 0. The third-order valence-electron chi connectivity index (χ3n) is 3.32. The second-order valence-corrected chi connectivity index (χ2v) is 4.62. The van der Waals surface area contributed by atoms with Gasteiger partial charge in [0.25, 0.3) is 5.91 Å². The maximum atomic E-state index is 13.1. The maximum Gasteiger partial charge on any atom is 0.256 e. The van der Waals surface area contributed by atoms with E-state index in [1.165, 1.54) is 12.3 Å². The van der Waals surface area contributed by atoms with Gasteiger partial charge in [0, 0.05) is 18.3 Å². The number of aromatic nitrogens is 1. The normalized spacial score (nSPS) is 14.1. The molecule has 3 nitrogen and oxygen atoms in total. The number of hydrogen-bond donors (Lipinski definition) is 0. The Morgan fingerprint density at radius 1 is 1.28 bits per heavy atom. The maximum absolute atomic E-state index is 13.1. The fraction of sp³-hybridized carbons (Fsp3) is 0.571. The van der Waals surface area contributed by atoms with E-state index in [1.807, 2.05) is 32.6 Å². The van der Waals surface area contributed by atoms with E-state index in [0.29, 0.717) is 5.56 Å². The van der Waals surface area contributed by atoms with Crippen LogP contribution >= 0.6 is 0 Å². The van der Waals surface area contributed by atoms with E-state index in [-0.39, 0.29) is 18.0 Å². The molecule has 0 unspecified atom stereocenters. The molecule has 18 heavy (non-hydrogen) atoms. The molecular weight excluding hydrogens is 231 g/mol. The van der Waals surface area contributed by atoms with Gasteiger partial charge in [0.15, 0.2) is 0 Å². The summed E-state index contributed by atoms with van der Waals surface area (Å²) in [5.41, 5.74) is 0.315. The molecule has 1 amide bonds. The Morgan fingerprint density at radius 3 is 2.28 bits per heavy atom. The Labute approximate surface area is 108 Å². The van der Waals surface area contributed by atoms with Crippen LogP contribution in [0.25, 0.3) is 0 Å². The standard InChI is InChI=1S/C14H21FN2O/c1-5-10(3)17(11(4)6-2)14(18)12-7-13(15)9-16-8-12/h7-11H,5-6H2,1-4H3/t10-,11-/m0/s1. The van der Waals surface area contributed by atoms with E-state index in [1.54, 1.807) is 0 Å². The van der Waals surface area contributed by atoms with Crippen LogP contribution < -0.4 is 0 Å². The minimum Gasteiger partial charge on any atom is -0.333 e. The molecule has 0 aliphatic rings. The third kappa shape index (κ3) is 3.28. The van der Waals surface area contributed by atoms with Gasteiger partial charge in [0.05, 0.1) is 11.8 Å². The Kier molecular flexibility index (Phi) is 5.25. The van der Waals surface area contributed by atoms with E-state index in [2.05, 4.69) is 4.98 Å². The van der Waals surface area contributed by atoms with E-state index < -0.39 is 5.82 Å². The molecule has 1 aromatic heterocycles. The van der Waals surface area contributed by atoms with Gasteiger partial charge in [-0.2, -0.15) is 0 Å². The summed E-state index contributed by atoms with van der Waals surface area (Å²) in [6.45, 7) is 8.10. The monoisotopic (exact) mass is 252 g/mol. The van der Waals surface area contributed by atoms with Crippen molar-refractivity contribution in [2.75, 3.05) is 0 Å². The summed E-state index contributed by atoms with van der Waals surface area (Å²) >= 11 is 0. The highest BCUT2D eigenvalue weighted by Gasteiger charge is 2.24. The van der Waals surface area contributed by atoms with E-state index >= 15 is 0 Å². The molecule has 0 saturated heterocycles. The van der Waals surface area contributed by atoms with Crippen LogP contribution in [0.2, 0.25) is 0 Å². The number of pyridine rings is 1. The van der Waals surface area contributed by atoms with Crippen LogP contribution in [-0.4, -0.2) is 27.9 Å². The first-order chi connectivity index (χ1) is 8.51. The molecule has 0 aliphatic heterocycles. The van der Waals surface area contributed by atoms with Crippen molar-refractivity contribution >= 4 is 5.91 Å². The number of hydrogen-bond acceptors (Lipinski definition) is 2. The first-order valence-electron chi connectivity index (χ1n) is 6.44. The summed E-state index contributed by atoms with van der Waals surface area (Å²) in [7, 11) is 0. The van der Waals surface area contributed by atoms with Gasteiger partial charge in [-0.05, 0) is 32.8 Å². The number of rotatable bonds is 5. The van der Waals surface area contributed by atoms with Gasteiger partial charge < -0.3 is 4.90 Å². The SMILES string of the molecule is CC[C@H](C)N(C(=O)c1cncc(F)c1)[C@@H](C)CC. The number of carbonyl (C=O) groups excluding carboxylic acids is 1. The highest BCUT2D eigenvalue weighted by Crippen LogP contribution is 2.16. The summed E-state index contributed by atoms with van der Waals surface area (Å²) in [5.74, 6) is -0.625. The Hall–Kier alpha value is -1.45. The zero-order valence-corrected chi connectivity index (χ0v) is 11.5. The van der Waals surface area contributed by atoms with Crippen LogP contribution in [0.15, 0.2) is 18.5 Å². The Balaban J connectivity index is 3.02. The molecule has 1 aromatic rings. The molecule has 4 heteroatoms. The molecular formula is C14H21FN2O. The fourth-order valence-corrected chi connectivity index (χ4v) is 1.91. The summed E-state index contributed by atoms with van der Waals surface area (Å²) < 4.78 is 13.1. The van der Waals surface area contributed by atoms with Gasteiger partial charge in [-0.1, -0.05) is 13.8 Å². The largest absolute Gasteiger partial charge is 0.333 e. The first kappa shape index (κ1) is 14.6. The molecule has 0 fully saturated rings. The molecule has 100 valence electrons. The lowest BCUT2D eigenvalue weighted by atomic mass is 10.1. The summed E-state index contributed by atoms with van der Waals surface area (Å²) in [6.07, 6.45) is 4.27. The quantitative estimate of drug-likeness (QED) is 0.806. The van der Waals surface area contributed by atoms with Crippen LogP contribution in [0, 0.1) is 5.82 Å². The van der Waals surface area contributed by atoms with Crippen LogP contribution in [0.1, 0.15) is 50.9 Å². The van der Waals surface area contributed by atoms with Crippen molar-refractivity contribution in [3.8, 4) is 0 Å². The van der Waals surface area contributed by atoms with Crippen LogP contribution in [0.4, 0.5) is 4.39 Å². The Bertz CT molecular complexity index is 399. The lowest BCUT2D eigenvalue weighted by Gasteiger charge is -2.34. The topological polar surface area (TPSA) is 33.2 Å². The van der Waals surface area contributed by atoms with E-state index in [4.69, 9.17) is 0 Å². The predicted molar refractivity (Wildman–Crippen MR) is 69.9 cm³/mol. The molecule has 2 atom stereocenters. The van der Waals surface area contributed by atoms with Crippen LogP contribution in [-0.2, 0) is 0 Å². The molecule has 0 bridgehead atoms. The molecule has 0 aromatic carbocycles. The van der Waals surface area contributed by atoms with Gasteiger partial charge in [0.1, 0.15) is 5.82 Å². The van der Waals surface area contributed by atoms with E-state index in [0.717, 1.165) is 19.0 Å². The minimum atomic E-state index is -0.478. The smallest absolute Gasteiger partial charge is 0.256 e. The van der Waals surface area contributed by atoms with Crippen molar-refractivity contribution in [2.24, 2.45) is 0 Å². The molecule has 0 aliphatic carbocycles. The Morgan fingerprint density at radius 2 is 1.83 bits per heavy atom. The van der Waals surface area contributed by atoms with Crippen molar-refractivity contribution in [3.63, 3.8) is 0 Å². The molecule has 0 spiro atoms. The third-order valence-corrected chi connectivity index (χ3v) is 3.32. The number of carbonyl (C=O) groups is 1. The molecule has 0 saturated carbocycles. The van der Waals surface area contributed by atoms with Gasteiger partial charge >= 0.3 is 0 Å². The molecule has 1 rings (SSSR count). The lowest BCUT2D eigenvalue weighted by Crippen LogP contribution is -2.44. The highest BCUT2D eigenvalue weighted by molar-refractivity contribution is 5.94. The van der Waals surface area contributed by atoms with Gasteiger partial charge in [-0.3, -0.25) is 9.78 Å². The van der Waals surface area contributed by atoms with Crippen molar-refractivity contribution in [2.45, 2.75) is 52.6 Å². The average molecular weight is 252 g/mol. The number of halogens is 1. The second kappa shape index (κ2) is 6.47. The summed E-state index contributed by atoms with van der Waals surface area (Å²) in [6, 6.07) is 1.51. The second-order valence-electron chi connectivity index (χ2n) is 4.62. The fourth-order valence-electron chi connectivity index (χ4n) is 1.91. The van der Waals surface area contributed by atoms with Gasteiger partial charge in [-0.25, -0.2) is 4.39 Å². The van der Waals surface area contributed by atoms with Crippen molar-refractivity contribution < 1.29 is 9.18 Å². The molecule has 0 N–H and O–H groups in total. The molecule has 1 heterocycles. The average Bonchev–Trinajstić information content (AvgIpc) is 2.38. The number of amides is 1. The zero-order valence-electron chi connectivity index (χ0n) is 11.5. The van der Waals surface area contributed by atoms with Crippen molar-refractivity contribution in [3.05, 3.63) is 29.8 Å². The zero-order chi connectivity index (χ0) is 13.7. The van der Waals surface area contributed by atoms with Crippen LogP contribution in [0.5, 0.6) is 0 Å². The summed E-state index contributed by atoms with van der Waals surface area (Å²) in [4.78, 5) is 18.0. The number of nitrogens with zero attached hydrogens (tertiary/aromatic N) is 2. The van der Waals surface area contributed by atoms with Gasteiger partial charge in [0.2, 0.25) is 0 Å². The molecule has 0 radical (unpaired) electrons. The highest BCUT2D eigenvalue weighted by atomic mass is 19.1. The minimum absolute atomic E-state index is 0.135. The lowest BCUT2D eigenvalue weighted by molar-refractivity contribution is 0.0597. The predicted octanol–water partition coefficient (Wildman–Crippen LogP) is 3.26. The first-order valence-corrected chi connectivity index (χ1v) is 6.44.